The molecule has 0 aliphatic carbocycles. The van der Waals surface area contributed by atoms with Gasteiger partial charge in [0.15, 0.2) is 0 Å². The summed E-state index contributed by atoms with van der Waals surface area (Å²) in [4.78, 5) is 38.8. The van der Waals surface area contributed by atoms with Crippen LogP contribution in [-0.4, -0.2) is 44.3 Å². The van der Waals surface area contributed by atoms with E-state index in [-0.39, 0.29) is 11.1 Å². The fraction of sp³-hybridized carbons (Fsp3) is 0.286. The number of aliphatic carboxylic acids is 4. The Labute approximate surface area is 127 Å². The molecule has 0 amide bonds. The predicted octanol–water partition coefficient (Wildman–Crippen LogP) is 1.79. The Morgan fingerprint density at radius 2 is 0.955 bits per heavy atom. The van der Waals surface area contributed by atoms with Gasteiger partial charge in [0.05, 0.1) is 0 Å². The molecule has 4 N–H and O–H groups in total. The Kier molecular flexibility index (Phi) is 15.9. The first-order chi connectivity index (χ1) is 9.99. The molecule has 0 rings (SSSR count). The van der Waals surface area contributed by atoms with E-state index in [1.807, 2.05) is 0 Å². The van der Waals surface area contributed by atoms with Crippen LogP contribution in [0.4, 0.5) is 0 Å². The predicted molar refractivity (Wildman–Crippen MR) is 78.5 cm³/mol. The van der Waals surface area contributed by atoms with Crippen LogP contribution in [0.3, 0.4) is 0 Å². The largest absolute Gasteiger partial charge is 0.478 e. The van der Waals surface area contributed by atoms with E-state index in [9.17, 15) is 19.2 Å². The minimum Gasteiger partial charge on any atom is -0.478 e. The van der Waals surface area contributed by atoms with Crippen LogP contribution in [0.5, 0.6) is 0 Å². The van der Waals surface area contributed by atoms with Crippen molar-refractivity contribution in [3.8, 4) is 0 Å². The van der Waals surface area contributed by atoms with E-state index in [4.69, 9.17) is 20.4 Å². The van der Waals surface area contributed by atoms with Crippen molar-refractivity contribution in [1.29, 1.82) is 0 Å². The molecule has 8 heteroatoms. The van der Waals surface area contributed by atoms with Crippen molar-refractivity contribution in [2.45, 2.75) is 26.7 Å². The van der Waals surface area contributed by atoms with Gasteiger partial charge in [-0.2, -0.15) is 0 Å². The van der Waals surface area contributed by atoms with E-state index < -0.39 is 23.9 Å². The van der Waals surface area contributed by atoms with Crippen LogP contribution in [0.2, 0.25) is 0 Å². The second-order valence-electron chi connectivity index (χ2n) is 3.53. The molecule has 124 valence electrons. The van der Waals surface area contributed by atoms with Crippen molar-refractivity contribution in [2.75, 3.05) is 0 Å². The van der Waals surface area contributed by atoms with Crippen LogP contribution in [0, 0.1) is 0 Å². The Bertz CT molecular complexity index is 417. The molecule has 0 aliphatic heterocycles. The SMILES string of the molecule is C=C(CC)C(=O)O.C=C(CC)C(=O)O.O=C(O)/C=C/C(=O)O. The van der Waals surface area contributed by atoms with Gasteiger partial charge in [-0.3, -0.25) is 0 Å². The van der Waals surface area contributed by atoms with Crippen LogP contribution >= 0.6 is 0 Å². The smallest absolute Gasteiger partial charge is 0.330 e. The lowest BCUT2D eigenvalue weighted by atomic mass is 10.2. The monoisotopic (exact) mass is 316 g/mol. The molecule has 0 fully saturated rings. The van der Waals surface area contributed by atoms with E-state index in [1.54, 1.807) is 13.8 Å². The molecular weight excluding hydrogens is 296 g/mol. The molecule has 0 radical (unpaired) electrons. The summed E-state index contributed by atoms with van der Waals surface area (Å²) < 4.78 is 0. The van der Waals surface area contributed by atoms with Gasteiger partial charge < -0.3 is 20.4 Å². The highest BCUT2D eigenvalue weighted by Gasteiger charge is 1.97. The van der Waals surface area contributed by atoms with Crippen molar-refractivity contribution < 1.29 is 39.6 Å². The van der Waals surface area contributed by atoms with Gasteiger partial charge in [0, 0.05) is 23.3 Å². The number of carbonyl (C=O) groups is 4. The summed E-state index contributed by atoms with van der Waals surface area (Å²) in [6, 6.07) is 0. The van der Waals surface area contributed by atoms with Gasteiger partial charge in [0.1, 0.15) is 0 Å². The molecule has 0 aromatic carbocycles. The molecule has 0 unspecified atom stereocenters. The van der Waals surface area contributed by atoms with Gasteiger partial charge in [-0.05, 0) is 12.8 Å². The average molecular weight is 316 g/mol. The number of carboxylic acids is 4. The summed E-state index contributed by atoms with van der Waals surface area (Å²) in [5, 5.41) is 31.8. The molecule has 8 nitrogen and oxygen atoms in total. The normalized spacial score (nSPS) is 8.64. The van der Waals surface area contributed by atoms with Crippen LogP contribution in [0.25, 0.3) is 0 Å². The van der Waals surface area contributed by atoms with E-state index >= 15 is 0 Å². The van der Waals surface area contributed by atoms with E-state index in [0.29, 0.717) is 25.0 Å². The summed E-state index contributed by atoms with van der Waals surface area (Å²) in [6.45, 7) is 10.1. The van der Waals surface area contributed by atoms with Gasteiger partial charge in [0.2, 0.25) is 0 Å². The molecule has 0 heterocycles. The maximum atomic E-state index is 9.83. The van der Waals surface area contributed by atoms with Gasteiger partial charge in [0.25, 0.3) is 0 Å². The molecule has 0 aromatic heterocycles. The van der Waals surface area contributed by atoms with Crippen molar-refractivity contribution in [1.82, 2.24) is 0 Å². The third-order valence-electron chi connectivity index (χ3n) is 1.83. The van der Waals surface area contributed by atoms with E-state index in [2.05, 4.69) is 13.2 Å². The fourth-order valence-electron chi connectivity index (χ4n) is 0.445. The quantitative estimate of drug-likeness (QED) is 0.542. The summed E-state index contributed by atoms with van der Waals surface area (Å²) in [7, 11) is 0. The zero-order valence-corrected chi connectivity index (χ0v) is 12.4. The van der Waals surface area contributed by atoms with Crippen LogP contribution < -0.4 is 0 Å². The number of hydrogen-bond acceptors (Lipinski definition) is 4. The molecule has 0 spiro atoms. The number of carboxylic acid groups (broad SMARTS) is 4. The number of hydrogen-bond donors (Lipinski definition) is 4. The van der Waals surface area contributed by atoms with Crippen LogP contribution in [-0.2, 0) is 19.2 Å². The first kappa shape index (κ1) is 24.1. The van der Waals surface area contributed by atoms with Gasteiger partial charge in [-0.25, -0.2) is 19.2 Å². The van der Waals surface area contributed by atoms with Gasteiger partial charge in [-0.15, -0.1) is 0 Å². The lowest BCUT2D eigenvalue weighted by Gasteiger charge is -1.87. The molecule has 0 bridgehead atoms. The lowest BCUT2D eigenvalue weighted by molar-refractivity contribution is -0.134. The molecule has 0 atom stereocenters. The molecule has 22 heavy (non-hydrogen) atoms. The summed E-state index contributed by atoms with van der Waals surface area (Å²) in [5.41, 5.74) is 0.528. The Morgan fingerprint density at radius 3 is 1.00 bits per heavy atom. The first-order valence-corrected chi connectivity index (χ1v) is 5.95. The average Bonchev–Trinajstić information content (AvgIpc) is 2.44. The van der Waals surface area contributed by atoms with Crippen molar-refractivity contribution in [2.24, 2.45) is 0 Å². The molecule has 0 aliphatic rings. The van der Waals surface area contributed by atoms with E-state index in [0.717, 1.165) is 0 Å². The minimum absolute atomic E-state index is 0.264. The summed E-state index contributed by atoms with van der Waals surface area (Å²) in [5.74, 6) is -4.32. The molecule has 0 saturated carbocycles. The third-order valence-corrected chi connectivity index (χ3v) is 1.83. The maximum absolute atomic E-state index is 9.83. The second kappa shape index (κ2) is 14.5. The van der Waals surface area contributed by atoms with E-state index in [1.165, 1.54) is 0 Å². The minimum atomic E-state index is -1.26. The van der Waals surface area contributed by atoms with Crippen LogP contribution in [0.1, 0.15) is 26.7 Å². The zero-order valence-electron chi connectivity index (χ0n) is 12.4. The molecular formula is C14H20O8. The highest BCUT2D eigenvalue weighted by Crippen LogP contribution is 1.93. The standard InChI is InChI=1S/2C5H8O2.C4H4O4/c2*1-3-4(2)5(6)7;5-3(6)1-2-4(7)8/h2*2-3H2,1H3,(H,6,7);1-2H,(H,5,6)(H,7,8)/b;;2-1+. The molecule has 0 saturated heterocycles. The maximum Gasteiger partial charge on any atom is 0.330 e. The second-order valence-corrected chi connectivity index (χ2v) is 3.53. The third kappa shape index (κ3) is 22.3. The Hall–Kier alpha value is -2.90. The summed E-state index contributed by atoms with van der Waals surface area (Å²) in [6.07, 6.45) is 2.16. The van der Waals surface area contributed by atoms with Crippen molar-refractivity contribution in [3.63, 3.8) is 0 Å². The zero-order chi connectivity index (χ0) is 18.3. The number of rotatable bonds is 6. The topological polar surface area (TPSA) is 149 Å². The Balaban J connectivity index is -0.000000247. The summed E-state index contributed by atoms with van der Waals surface area (Å²) >= 11 is 0. The van der Waals surface area contributed by atoms with Gasteiger partial charge in [-0.1, -0.05) is 27.0 Å². The van der Waals surface area contributed by atoms with Gasteiger partial charge >= 0.3 is 23.9 Å². The molecule has 0 aromatic rings. The van der Waals surface area contributed by atoms with Crippen LogP contribution in [0.15, 0.2) is 36.5 Å². The van der Waals surface area contributed by atoms with Crippen molar-refractivity contribution >= 4 is 23.9 Å². The highest BCUT2D eigenvalue weighted by molar-refractivity contribution is 5.89. The Morgan fingerprint density at radius 1 is 0.727 bits per heavy atom. The van der Waals surface area contributed by atoms with Crippen molar-refractivity contribution in [3.05, 3.63) is 36.5 Å². The highest BCUT2D eigenvalue weighted by atomic mass is 16.4. The fourth-order valence-corrected chi connectivity index (χ4v) is 0.445. The first-order valence-electron chi connectivity index (χ1n) is 5.95. The lowest BCUT2D eigenvalue weighted by Crippen LogP contribution is -1.95.